The van der Waals surface area contributed by atoms with Crippen LogP contribution in [0, 0.1) is 21.4 Å². The van der Waals surface area contributed by atoms with E-state index < -0.39 is 43.4 Å². The van der Waals surface area contributed by atoms with E-state index in [4.69, 9.17) is 16.3 Å². The van der Waals surface area contributed by atoms with E-state index in [-0.39, 0.29) is 46.6 Å². The Labute approximate surface area is 513 Å². The highest BCUT2D eigenvalue weighted by Gasteiger charge is 2.40. The number of nitro groups is 1. The molecule has 1 aliphatic carbocycles. The van der Waals surface area contributed by atoms with Crippen LogP contribution in [0.15, 0.2) is 114 Å². The van der Waals surface area contributed by atoms with E-state index in [9.17, 15) is 37.7 Å². The number of likely N-dealkylation sites (tertiary alicyclic amines) is 1. The number of nitrogens with one attached hydrogen (secondary N) is 4. The molecule has 0 bridgehead atoms. The number of piperidine rings is 2. The average molecular weight is 1220 g/mol. The van der Waals surface area contributed by atoms with Gasteiger partial charge in [0.15, 0.2) is 0 Å². The molecule has 6 aromatic rings. The number of carbonyl (C=O) groups excluding carboxylic acids is 4. The molecule has 2 aromatic heterocycles. The Bertz CT molecular complexity index is 3700. The Hall–Kier alpha value is -7.65. The number of aryl methyl sites for hydroxylation is 1. The number of aromatic amines is 1. The maximum absolute atomic E-state index is 14.2. The van der Waals surface area contributed by atoms with Gasteiger partial charge in [-0.05, 0) is 166 Å². The van der Waals surface area contributed by atoms with Gasteiger partial charge in [-0.2, -0.15) is 0 Å². The number of halogens is 1. The predicted molar refractivity (Wildman–Crippen MR) is 337 cm³/mol. The second kappa shape index (κ2) is 26.8. The van der Waals surface area contributed by atoms with E-state index in [1.165, 1.54) is 35.0 Å². The number of sulfonamides is 1. The minimum absolute atomic E-state index is 0.0453. The Morgan fingerprint density at radius 2 is 1.63 bits per heavy atom. The molecule has 87 heavy (non-hydrogen) atoms. The summed E-state index contributed by atoms with van der Waals surface area (Å²) in [5.41, 5.74) is 8.30. The largest absolute Gasteiger partial charge is 0.455 e. The normalized spacial score (nSPS) is 18.7. The van der Waals surface area contributed by atoms with Crippen molar-refractivity contribution in [2.24, 2.45) is 11.3 Å². The summed E-state index contributed by atoms with van der Waals surface area (Å²) < 4.78 is 36.5. The minimum Gasteiger partial charge on any atom is -0.455 e. The molecule has 0 radical (unpaired) electrons. The zero-order valence-electron chi connectivity index (χ0n) is 49.6. The number of pyridine rings is 1. The lowest BCUT2D eigenvalue weighted by atomic mass is 9.72. The fraction of sp³-hybridized carbons (Fsp3) is 0.439. The number of hydrogen-bond donors (Lipinski definition) is 4. The van der Waals surface area contributed by atoms with E-state index >= 15 is 0 Å². The van der Waals surface area contributed by atoms with Crippen LogP contribution in [0.2, 0.25) is 5.02 Å². The van der Waals surface area contributed by atoms with Gasteiger partial charge in [-0.15, -0.1) is 0 Å². The number of unbranched alkanes of at least 4 members (excludes halogenated alkanes) is 5. The topological polar surface area (TPSA) is 233 Å². The maximum Gasteiger partial charge on any atom is 0.293 e. The molecule has 5 aliphatic rings. The number of ether oxygens (including phenoxy) is 1. The van der Waals surface area contributed by atoms with Crippen molar-refractivity contribution in [1.29, 1.82) is 0 Å². The van der Waals surface area contributed by atoms with Crippen LogP contribution in [0.4, 0.5) is 17.1 Å². The number of imide groups is 1. The smallest absolute Gasteiger partial charge is 0.293 e. The Morgan fingerprint density at radius 1 is 0.862 bits per heavy atom. The molecule has 4 aromatic carbocycles. The van der Waals surface area contributed by atoms with Crippen molar-refractivity contribution in [2.45, 2.75) is 121 Å². The second-order valence-corrected chi connectivity index (χ2v) is 26.9. The molecule has 4 amide bonds. The van der Waals surface area contributed by atoms with Crippen molar-refractivity contribution in [3.63, 3.8) is 0 Å². The van der Waals surface area contributed by atoms with Gasteiger partial charge in [0, 0.05) is 92.2 Å². The standard InChI is InChI=1S/C66H77ClN10O9S/c1-66(2)27-23-48(55(39-66)46-13-15-49(67)16-14-46)42-74-32-34-75(35-33-74)50-17-19-54(60(37-50)86-51-36-47-24-28-68-62(47)70-41-51)63(79)72-87(84,85)52-18-20-57(59(38-52)77(82)83)69-40-44-25-30-73(31-26-44)29-8-6-4-3-5-7-10-45-11-9-12-53-56(45)43-76(65(53)81)58-21-22-61(78)71-64(58)80/h9,11-20,24,28,36-38,41,44,58,69H,3-8,10,21-23,25-27,29-35,39-40,42-43H2,1-2H3,(H,68,70)(H,72,79)(H,71,78,80). The number of benzene rings is 4. The Kier molecular flexibility index (Phi) is 18.8. The van der Waals surface area contributed by atoms with Gasteiger partial charge in [0.05, 0.1) is 21.6 Å². The summed E-state index contributed by atoms with van der Waals surface area (Å²) in [7, 11) is -4.61. The molecule has 1 unspecified atom stereocenters. The molecule has 3 saturated heterocycles. The van der Waals surface area contributed by atoms with E-state index in [1.54, 1.807) is 35.4 Å². The molecule has 6 heterocycles. The number of nitro benzene ring substituents is 1. The molecule has 1 atom stereocenters. The first-order chi connectivity index (χ1) is 41.9. The van der Waals surface area contributed by atoms with Crippen molar-refractivity contribution in [1.82, 2.24) is 34.7 Å². The van der Waals surface area contributed by atoms with Crippen LogP contribution in [-0.4, -0.2) is 127 Å². The highest BCUT2D eigenvalue weighted by Crippen LogP contribution is 2.44. The fourth-order valence-electron chi connectivity index (χ4n) is 13.1. The van der Waals surface area contributed by atoms with Gasteiger partial charge < -0.3 is 29.7 Å². The van der Waals surface area contributed by atoms with Gasteiger partial charge >= 0.3 is 0 Å². The molecular formula is C66H77ClN10O9S. The van der Waals surface area contributed by atoms with E-state index in [1.807, 2.05) is 30.3 Å². The number of hydrogen-bond acceptors (Lipinski definition) is 14. The summed E-state index contributed by atoms with van der Waals surface area (Å²) in [5, 5.41) is 19.6. The number of piperazine rings is 1. The molecule has 11 rings (SSSR count). The first kappa shape index (κ1) is 61.0. The van der Waals surface area contributed by atoms with E-state index in [0.29, 0.717) is 49.6 Å². The van der Waals surface area contributed by atoms with Gasteiger partial charge in [0.2, 0.25) is 11.8 Å². The quantitative estimate of drug-likeness (QED) is 0.0202. The summed E-state index contributed by atoms with van der Waals surface area (Å²) in [6.45, 7) is 12.3. The molecule has 3 fully saturated rings. The predicted octanol–water partition coefficient (Wildman–Crippen LogP) is 11.3. The number of allylic oxidation sites excluding steroid dienone is 1. The van der Waals surface area contributed by atoms with Crippen molar-refractivity contribution in [2.75, 3.05) is 69.1 Å². The number of fused-ring (bicyclic) bond motifs is 2. The maximum atomic E-state index is 14.2. The molecule has 4 aliphatic heterocycles. The molecule has 4 N–H and O–H groups in total. The highest BCUT2D eigenvalue weighted by atomic mass is 35.5. The number of amides is 4. The number of carbonyl (C=O) groups is 4. The zero-order chi connectivity index (χ0) is 60.8. The number of anilines is 2. The van der Waals surface area contributed by atoms with Crippen LogP contribution in [0.5, 0.6) is 11.5 Å². The summed E-state index contributed by atoms with van der Waals surface area (Å²) in [5.74, 6) is -1.06. The number of nitrogens with zero attached hydrogens (tertiary/aromatic N) is 6. The number of aromatic nitrogens is 2. The molecule has 0 saturated carbocycles. The SMILES string of the molecule is CC1(C)CCC(CN2CCN(c3ccc(C(=O)NS(=O)(=O)c4ccc(NCC5CCN(CCCCCCCCc6cccc7c6CN(C6CCC(=O)NC6=O)C7=O)CC5)c([N+](=O)[O-])c4)c(Oc4cnc5[nH]ccc5c4)c3)CC2)=C(c2ccc(Cl)cc2)C1. The third-order valence-electron chi connectivity index (χ3n) is 18.2. The fourth-order valence-corrected chi connectivity index (χ4v) is 14.2. The monoisotopic (exact) mass is 1220 g/mol. The Balaban J connectivity index is 0.647. The summed E-state index contributed by atoms with van der Waals surface area (Å²) in [6.07, 6.45) is 16.4. The van der Waals surface area contributed by atoms with Crippen LogP contribution in [0.25, 0.3) is 16.6 Å². The first-order valence-corrected chi connectivity index (χ1v) is 32.6. The third-order valence-corrected chi connectivity index (χ3v) is 19.8. The van der Waals surface area contributed by atoms with E-state index in [0.717, 1.165) is 150 Å². The van der Waals surface area contributed by atoms with Gasteiger partial charge in [0.25, 0.3) is 27.5 Å². The molecule has 19 nitrogen and oxygen atoms in total. The van der Waals surface area contributed by atoms with Crippen LogP contribution in [0.3, 0.4) is 0 Å². The summed E-state index contributed by atoms with van der Waals surface area (Å²) in [4.78, 5) is 79.4. The van der Waals surface area contributed by atoms with Crippen molar-refractivity contribution in [3.8, 4) is 11.5 Å². The second-order valence-electron chi connectivity index (χ2n) is 24.8. The van der Waals surface area contributed by atoms with Crippen LogP contribution < -0.4 is 25.0 Å². The van der Waals surface area contributed by atoms with Crippen LogP contribution in [0.1, 0.15) is 135 Å². The van der Waals surface area contributed by atoms with Gasteiger partial charge in [-0.25, -0.2) is 18.1 Å². The highest BCUT2D eigenvalue weighted by molar-refractivity contribution is 7.90. The van der Waals surface area contributed by atoms with Crippen molar-refractivity contribution >= 4 is 78.9 Å². The third kappa shape index (κ3) is 14.7. The molecular weight excluding hydrogens is 1140 g/mol. The molecule has 0 spiro atoms. The van der Waals surface area contributed by atoms with Crippen LogP contribution in [-0.2, 0) is 32.6 Å². The van der Waals surface area contributed by atoms with Gasteiger partial charge in [0.1, 0.15) is 28.9 Å². The van der Waals surface area contributed by atoms with Gasteiger partial charge in [-0.1, -0.05) is 81.0 Å². The summed E-state index contributed by atoms with van der Waals surface area (Å²) in [6, 6.07) is 25.7. The molecule has 458 valence electrons. The zero-order valence-corrected chi connectivity index (χ0v) is 51.2. The molecule has 21 heteroatoms. The number of H-pyrrole nitrogens is 1. The average Bonchev–Trinajstić information content (AvgIpc) is 2.20. The minimum atomic E-state index is -4.61. The van der Waals surface area contributed by atoms with Crippen molar-refractivity contribution < 1.29 is 37.3 Å². The number of rotatable bonds is 23. The first-order valence-electron chi connectivity index (χ1n) is 30.7. The van der Waals surface area contributed by atoms with Crippen LogP contribution >= 0.6 is 11.6 Å². The summed E-state index contributed by atoms with van der Waals surface area (Å²) >= 11 is 6.28. The lowest BCUT2D eigenvalue weighted by molar-refractivity contribution is -0.384. The van der Waals surface area contributed by atoms with E-state index in [2.05, 4.69) is 72.1 Å². The Morgan fingerprint density at radius 3 is 2.40 bits per heavy atom. The lowest BCUT2D eigenvalue weighted by Gasteiger charge is -2.39. The lowest BCUT2D eigenvalue weighted by Crippen LogP contribution is -2.52. The van der Waals surface area contributed by atoms with Gasteiger partial charge in [-0.3, -0.25) is 39.5 Å². The van der Waals surface area contributed by atoms with Crippen molar-refractivity contribution in [3.05, 3.63) is 152 Å².